The number of sulfonamides is 1. The monoisotopic (exact) mass is 521 g/mol. The number of aromatic nitrogens is 1. The number of sulfone groups is 1. The molecule has 1 aromatic carbocycles. The molecule has 35 heavy (non-hydrogen) atoms. The fraction of sp³-hybridized carbons (Fsp3) is 0.391. The van der Waals surface area contributed by atoms with Crippen LogP contribution in [0.4, 0.5) is 5.69 Å². The van der Waals surface area contributed by atoms with Crippen molar-refractivity contribution in [3.8, 4) is 11.3 Å². The zero-order valence-corrected chi connectivity index (χ0v) is 21.7. The molecule has 0 unspecified atom stereocenters. The average molecular weight is 522 g/mol. The third kappa shape index (κ3) is 5.04. The highest BCUT2D eigenvalue weighted by Crippen LogP contribution is 2.40. The van der Waals surface area contributed by atoms with E-state index in [1.54, 1.807) is 6.92 Å². The van der Waals surface area contributed by atoms with Crippen LogP contribution in [0.25, 0.3) is 22.4 Å². The summed E-state index contributed by atoms with van der Waals surface area (Å²) >= 11 is 0. The Kier molecular flexibility index (Phi) is 6.41. The van der Waals surface area contributed by atoms with E-state index in [1.165, 1.54) is 13.1 Å². The van der Waals surface area contributed by atoms with Crippen LogP contribution in [0.3, 0.4) is 0 Å². The zero-order chi connectivity index (χ0) is 25.7. The quantitative estimate of drug-likeness (QED) is 0.541. The van der Waals surface area contributed by atoms with E-state index in [0.717, 1.165) is 22.4 Å². The highest BCUT2D eigenvalue weighted by molar-refractivity contribution is 7.92. The van der Waals surface area contributed by atoms with Crippen LogP contribution in [0.15, 0.2) is 34.7 Å². The summed E-state index contributed by atoms with van der Waals surface area (Å²) in [6, 6.07) is 8.96. The lowest BCUT2D eigenvalue weighted by atomic mass is 10.1. The van der Waals surface area contributed by atoms with Crippen LogP contribution in [-0.2, 0) is 24.6 Å². The number of aryl methyl sites for hydroxylation is 1. The van der Waals surface area contributed by atoms with Gasteiger partial charge in [0.2, 0.25) is 10.0 Å². The molecule has 3 heterocycles. The molecule has 1 amide bonds. The molecule has 3 aromatic rings. The molecule has 2 atom stereocenters. The first kappa shape index (κ1) is 25.1. The van der Waals surface area contributed by atoms with Crippen LogP contribution in [0, 0.1) is 6.92 Å². The number of hydrogen-bond acceptors (Lipinski definition) is 8. The molecule has 1 aliphatic rings. The number of nitrogens with zero attached hydrogens (tertiary/aromatic N) is 2. The van der Waals surface area contributed by atoms with Crippen LogP contribution in [0.2, 0.25) is 0 Å². The maximum Gasteiger partial charge on any atom is 0.257 e. The van der Waals surface area contributed by atoms with Crippen LogP contribution < -0.4 is 9.62 Å². The third-order valence-corrected chi connectivity index (χ3v) is 7.87. The number of amides is 1. The molecule has 188 valence electrons. The van der Waals surface area contributed by atoms with E-state index in [2.05, 4.69) is 10.3 Å². The van der Waals surface area contributed by atoms with E-state index in [0.29, 0.717) is 11.3 Å². The normalized spacial score (nSPS) is 18.8. The predicted molar refractivity (Wildman–Crippen MR) is 133 cm³/mol. The van der Waals surface area contributed by atoms with Crippen LogP contribution in [0.5, 0.6) is 0 Å². The number of carbonyl (C=O) groups is 1. The lowest BCUT2D eigenvalue weighted by Gasteiger charge is -2.24. The standard InChI is InChI=1S/C23H27N3O7S2/c1-13-6-8-15(9-7-13)22-19(23(27)24-3)21-18(33-22)10-17-20(25-21)14(2)32-16(12-34(4,28)29)11-26(17)35(5,30)31/h6-10,14,16H,11-12H2,1-5H3,(H,24,27)/t14-,16-/m0/s1. The van der Waals surface area contributed by atoms with Crippen molar-refractivity contribution in [2.75, 3.05) is 36.2 Å². The second-order valence-corrected chi connectivity index (χ2v) is 12.9. The molecule has 0 spiro atoms. The number of furan rings is 1. The van der Waals surface area contributed by atoms with Gasteiger partial charge in [-0.15, -0.1) is 0 Å². The van der Waals surface area contributed by atoms with Gasteiger partial charge < -0.3 is 14.5 Å². The molecule has 0 saturated heterocycles. The van der Waals surface area contributed by atoms with E-state index in [-0.39, 0.29) is 40.3 Å². The van der Waals surface area contributed by atoms with Crippen LogP contribution >= 0.6 is 0 Å². The third-order valence-electron chi connectivity index (χ3n) is 5.75. The van der Waals surface area contributed by atoms with Gasteiger partial charge in [0.1, 0.15) is 26.7 Å². The van der Waals surface area contributed by atoms with E-state index < -0.39 is 38.0 Å². The van der Waals surface area contributed by atoms with Gasteiger partial charge in [-0.3, -0.25) is 9.10 Å². The Bertz CT molecular complexity index is 1510. The number of benzene rings is 1. The highest BCUT2D eigenvalue weighted by atomic mass is 32.2. The molecule has 1 aliphatic heterocycles. The van der Waals surface area contributed by atoms with Crippen molar-refractivity contribution in [1.82, 2.24) is 10.3 Å². The first-order valence-electron chi connectivity index (χ1n) is 10.9. The van der Waals surface area contributed by atoms with Gasteiger partial charge in [-0.05, 0) is 13.8 Å². The number of pyridine rings is 1. The molecule has 0 bridgehead atoms. The van der Waals surface area contributed by atoms with Crippen molar-refractivity contribution < 1.29 is 30.8 Å². The smallest absolute Gasteiger partial charge is 0.257 e. The minimum absolute atomic E-state index is 0.204. The zero-order valence-electron chi connectivity index (χ0n) is 20.0. The van der Waals surface area contributed by atoms with Gasteiger partial charge in [0.15, 0.2) is 5.58 Å². The first-order valence-corrected chi connectivity index (χ1v) is 14.8. The fourth-order valence-corrected chi connectivity index (χ4v) is 5.99. The van der Waals surface area contributed by atoms with Crippen molar-refractivity contribution in [2.24, 2.45) is 0 Å². The maximum absolute atomic E-state index is 12.9. The Morgan fingerprint density at radius 1 is 1.17 bits per heavy atom. The SMILES string of the molecule is CNC(=O)c1c(-c2ccc(C)cc2)oc2cc3c(nc12)[C@H](C)O[C@H](CS(C)(=O)=O)CN3S(C)(=O)=O. The first-order chi connectivity index (χ1) is 16.3. The maximum atomic E-state index is 12.9. The summed E-state index contributed by atoms with van der Waals surface area (Å²) in [7, 11) is -5.78. The Balaban J connectivity index is 1.96. The molecule has 1 N–H and O–H groups in total. The number of ether oxygens (including phenoxy) is 1. The molecule has 12 heteroatoms. The minimum Gasteiger partial charge on any atom is -0.453 e. The summed E-state index contributed by atoms with van der Waals surface area (Å²) in [5.41, 5.74) is 2.87. The topological polar surface area (TPSA) is 136 Å². The minimum atomic E-state index is -3.83. The van der Waals surface area contributed by atoms with Gasteiger partial charge in [-0.25, -0.2) is 21.8 Å². The second kappa shape index (κ2) is 8.92. The van der Waals surface area contributed by atoms with Crippen molar-refractivity contribution >= 4 is 42.6 Å². The van der Waals surface area contributed by atoms with Gasteiger partial charge in [0.05, 0.1) is 42.1 Å². The Morgan fingerprint density at radius 2 is 1.83 bits per heavy atom. The van der Waals surface area contributed by atoms with E-state index in [4.69, 9.17) is 9.15 Å². The highest BCUT2D eigenvalue weighted by Gasteiger charge is 2.36. The van der Waals surface area contributed by atoms with Crippen molar-refractivity contribution in [1.29, 1.82) is 0 Å². The molecule has 0 aliphatic carbocycles. The molecule has 10 nitrogen and oxygen atoms in total. The van der Waals surface area contributed by atoms with Crippen molar-refractivity contribution in [3.63, 3.8) is 0 Å². The predicted octanol–water partition coefficient (Wildman–Crippen LogP) is 2.43. The number of hydrogen-bond donors (Lipinski definition) is 1. The molecular formula is C23H27N3O7S2. The lowest BCUT2D eigenvalue weighted by molar-refractivity contribution is 0.0173. The van der Waals surface area contributed by atoms with Gasteiger partial charge in [-0.2, -0.15) is 0 Å². The van der Waals surface area contributed by atoms with Crippen LogP contribution in [0.1, 0.15) is 34.6 Å². The molecule has 0 fully saturated rings. The van der Waals surface area contributed by atoms with E-state index in [9.17, 15) is 21.6 Å². The van der Waals surface area contributed by atoms with Crippen molar-refractivity contribution in [3.05, 3.63) is 47.2 Å². The Hall–Kier alpha value is -2.96. The Morgan fingerprint density at radius 3 is 2.40 bits per heavy atom. The van der Waals surface area contributed by atoms with Gasteiger partial charge >= 0.3 is 0 Å². The number of anilines is 1. The number of fused-ring (bicyclic) bond motifs is 2. The number of nitrogens with one attached hydrogen (secondary N) is 1. The summed E-state index contributed by atoms with van der Waals surface area (Å²) in [4.78, 5) is 17.5. The summed E-state index contributed by atoms with van der Waals surface area (Å²) < 4.78 is 62.4. The molecule has 0 saturated carbocycles. The summed E-state index contributed by atoms with van der Waals surface area (Å²) in [5.74, 6) is -0.459. The van der Waals surface area contributed by atoms with Crippen molar-refractivity contribution in [2.45, 2.75) is 26.1 Å². The lowest BCUT2D eigenvalue weighted by Crippen LogP contribution is -2.39. The second-order valence-electron chi connectivity index (χ2n) is 8.78. The molecule has 2 aromatic heterocycles. The summed E-state index contributed by atoms with van der Waals surface area (Å²) in [5, 5.41) is 2.61. The molecular weight excluding hydrogens is 494 g/mol. The van der Waals surface area contributed by atoms with Gasteiger partial charge in [0.25, 0.3) is 5.91 Å². The van der Waals surface area contributed by atoms with Gasteiger partial charge in [-0.1, -0.05) is 29.8 Å². The summed E-state index contributed by atoms with van der Waals surface area (Å²) in [6.45, 7) is 3.41. The van der Waals surface area contributed by atoms with E-state index >= 15 is 0 Å². The Labute approximate surface area is 204 Å². The van der Waals surface area contributed by atoms with E-state index in [1.807, 2.05) is 31.2 Å². The largest absolute Gasteiger partial charge is 0.453 e. The van der Waals surface area contributed by atoms with Crippen LogP contribution in [-0.4, -0.2) is 65.7 Å². The van der Waals surface area contributed by atoms with Gasteiger partial charge in [0, 0.05) is 24.9 Å². The number of rotatable bonds is 5. The molecule has 0 radical (unpaired) electrons. The molecule has 4 rings (SSSR count). The number of carbonyl (C=O) groups excluding carboxylic acids is 1. The average Bonchev–Trinajstić information content (AvgIpc) is 3.06. The summed E-state index contributed by atoms with van der Waals surface area (Å²) in [6.07, 6.45) is 0.446. The fourth-order valence-electron chi connectivity index (χ4n) is 4.19.